The fourth-order valence-electron chi connectivity index (χ4n) is 1.84. The van der Waals surface area contributed by atoms with Crippen LogP contribution in [0.3, 0.4) is 0 Å². The van der Waals surface area contributed by atoms with Gasteiger partial charge in [-0.05, 0) is 18.2 Å². The summed E-state index contributed by atoms with van der Waals surface area (Å²) in [5, 5.41) is 4.39. The maximum Gasteiger partial charge on any atom is 0.275 e. The Kier molecular flexibility index (Phi) is 5.92. The summed E-state index contributed by atoms with van der Waals surface area (Å²) in [6, 6.07) is 4.85. The van der Waals surface area contributed by atoms with Crippen molar-refractivity contribution in [2.45, 2.75) is 6.42 Å². The van der Waals surface area contributed by atoms with Crippen LogP contribution in [0.1, 0.15) is 12.0 Å². The molecule has 0 aliphatic heterocycles. The quantitative estimate of drug-likeness (QED) is 0.558. The number of sulfonamides is 1. The van der Waals surface area contributed by atoms with E-state index < -0.39 is 10.0 Å². The average molecular weight is 392 g/mol. The fraction of sp³-hybridized carbons (Fsp3) is 0.133. The number of benzene rings is 1. The largest absolute Gasteiger partial charge is 0.275 e. The molecule has 0 saturated carbocycles. The number of hydrogen-bond donors (Lipinski definition) is 0. The summed E-state index contributed by atoms with van der Waals surface area (Å²) in [5.74, 6) is 0. The Hall–Kier alpha value is -1.27. The topological polar surface area (TPSA) is 49.7 Å². The summed E-state index contributed by atoms with van der Waals surface area (Å²) in [6.45, 7) is 0. The lowest BCUT2D eigenvalue weighted by molar-refractivity contribution is 0.496. The summed E-state index contributed by atoms with van der Waals surface area (Å²) >= 11 is 18.2. The first kappa shape index (κ1) is 18.1. The molecule has 0 saturated heterocycles. The summed E-state index contributed by atoms with van der Waals surface area (Å²) in [6.07, 6.45) is 8.73. The van der Waals surface area contributed by atoms with Crippen molar-refractivity contribution >= 4 is 50.0 Å². The summed E-state index contributed by atoms with van der Waals surface area (Å²) < 4.78 is 25.9. The van der Waals surface area contributed by atoms with Gasteiger partial charge in [-0.1, -0.05) is 65.2 Å². The minimum atomic E-state index is -3.78. The second-order valence-electron chi connectivity index (χ2n) is 4.58. The van der Waals surface area contributed by atoms with Crippen LogP contribution in [-0.2, 0) is 10.0 Å². The van der Waals surface area contributed by atoms with Crippen molar-refractivity contribution < 1.29 is 8.42 Å². The molecule has 1 aromatic carbocycles. The van der Waals surface area contributed by atoms with Crippen LogP contribution in [0.25, 0.3) is 0 Å². The highest BCUT2D eigenvalue weighted by molar-refractivity contribution is 7.93. The van der Waals surface area contributed by atoms with Crippen molar-refractivity contribution in [3.63, 3.8) is 0 Å². The Morgan fingerprint density at radius 3 is 2.48 bits per heavy atom. The fourth-order valence-corrected chi connectivity index (χ4v) is 3.96. The molecule has 1 aromatic rings. The van der Waals surface area contributed by atoms with Gasteiger partial charge in [0, 0.05) is 13.5 Å². The van der Waals surface area contributed by atoms with Crippen molar-refractivity contribution in [1.29, 1.82) is 0 Å². The summed E-state index contributed by atoms with van der Waals surface area (Å²) in [7, 11) is -2.47. The van der Waals surface area contributed by atoms with E-state index in [-0.39, 0.29) is 32.1 Å². The zero-order valence-electron chi connectivity index (χ0n) is 12.1. The van der Waals surface area contributed by atoms with Crippen LogP contribution in [0.2, 0.25) is 10.0 Å². The van der Waals surface area contributed by atoms with Crippen molar-refractivity contribution in [1.82, 2.24) is 4.41 Å². The van der Waals surface area contributed by atoms with Gasteiger partial charge in [0.1, 0.15) is 0 Å². The molecule has 0 heterocycles. The van der Waals surface area contributed by atoms with E-state index in [9.17, 15) is 8.42 Å². The molecule has 122 valence electrons. The second-order valence-corrected chi connectivity index (χ2v) is 7.75. The first-order chi connectivity index (χ1) is 10.8. The number of allylic oxidation sites excluding steroid dienone is 6. The van der Waals surface area contributed by atoms with Gasteiger partial charge in [0.25, 0.3) is 10.0 Å². The van der Waals surface area contributed by atoms with Gasteiger partial charge >= 0.3 is 0 Å². The van der Waals surface area contributed by atoms with Crippen molar-refractivity contribution in [2.24, 2.45) is 5.10 Å². The lowest BCUT2D eigenvalue weighted by atomic mass is 10.2. The molecule has 0 fully saturated rings. The van der Waals surface area contributed by atoms with Crippen LogP contribution in [0.5, 0.6) is 0 Å². The van der Waals surface area contributed by atoms with Crippen LogP contribution >= 0.6 is 34.8 Å². The molecular weight excluding hydrogens is 379 g/mol. The van der Waals surface area contributed by atoms with E-state index in [0.717, 1.165) is 4.41 Å². The highest BCUT2D eigenvalue weighted by atomic mass is 35.5. The summed E-state index contributed by atoms with van der Waals surface area (Å²) in [4.78, 5) is 0.212. The third kappa shape index (κ3) is 4.18. The van der Waals surface area contributed by atoms with Crippen molar-refractivity contribution in [3.05, 3.63) is 69.1 Å². The van der Waals surface area contributed by atoms with Gasteiger partial charge in [-0.2, -0.15) is 12.8 Å². The van der Waals surface area contributed by atoms with Crippen LogP contribution in [-0.4, -0.2) is 25.1 Å². The lowest BCUT2D eigenvalue weighted by Crippen LogP contribution is -2.24. The molecule has 0 atom stereocenters. The second kappa shape index (κ2) is 7.53. The van der Waals surface area contributed by atoms with Crippen molar-refractivity contribution in [2.75, 3.05) is 7.05 Å². The zero-order valence-corrected chi connectivity index (χ0v) is 15.2. The standard InChI is InChI=1S/C15H13Cl3N2O2S/c1-20(23(21,22)11-7-4-2-3-5-8-11)19-15(18)14-12(16)9-6-10-13(14)17/h2-7,9-10H,8H2,1H3/b19-15-. The Balaban J connectivity index is 2.36. The molecule has 1 aliphatic carbocycles. The van der Waals surface area contributed by atoms with Gasteiger partial charge in [-0.25, -0.2) is 0 Å². The molecule has 0 amide bonds. The maximum atomic E-state index is 12.5. The van der Waals surface area contributed by atoms with Crippen LogP contribution in [0.4, 0.5) is 0 Å². The van der Waals surface area contributed by atoms with E-state index in [0.29, 0.717) is 0 Å². The van der Waals surface area contributed by atoms with Crippen LogP contribution < -0.4 is 0 Å². The number of hydrogen-bond acceptors (Lipinski definition) is 3. The molecule has 0 radical (unpaired) electrons. The predicted octanol–water partition coefficient (Wildman–Crippen LogP) is 4.56. The van der Waals surface area contributed by atoms with E-state index in [1.54, 1.807) is 42.5 Å². The van der Waals surface area contributed by atoms with E-state index in [1.165, 1.54) is 13.1 Å². The Morgan fingerprint density at radius 2 is 1.83 bits per heavy atom. The molecule has 0 bridgehead atoms. The highest BCUT2D eigenvalue weighted by Gasteiger charge is 2.23. The van der Waals surface area contributed by atoms with Gasteiger partial charge in [-0.3, -0.25) is 0 Å². The molecule has 0 unspecified atom stereocenters. The molecule has 2 rings (SSSR count). The Morgan fingerprint density at radius 1 is 1.17 bits per heavy atom. The van der Waals surface area contributed by atoms with Gasteiger partial charge in [0.2, 0.25) is 0 Å². The number of nitrogens with zero attached hydrogens (tertiary/aromatic N) is 2. The molecule has 0 spiro atoms. The van der Waals surface area contributed by atoms with Crippen LogP contribution in [0, 0.1) is 0 Å². The lowest BCUT2D eigenvalue weighted by Gasteiger charge is -2.16. The van der Waals surface area contributed by atoms with Gasteiger partial charge in [-0.15, -0.1) is 5.10 Å². The van der Waals surface area contributed by atoms with E-state index in [1.807, 2.05) is 0 Å². The van der Waals surface area contributed by atoms with Crippen molar-refractivity contribution in [3.8, 4) is 0 Å². The average Bonchev–Trinajstić information content (AvgIpc) is 2.76. The zero-order chi connectivity index (χ0) is 17.0. The molecule has 1 aliphatic rings. The normalized spacial score (nSPS) is 15.3. The van der Waals surface area contributed by atoms with Gasteiger partial charge in [0.05, 0.1) is 20.5 Å². The monoisotopic (exact) mass is 390 g/mol. The minimum absolute atomic E-state index is 0.105. The minimum Gasteiger partial charge on any atom is -0.200 e. The maximum absolute atomic E-state index is 12.5. The Bertz CT molecular complexity index is 807. The van der Waals surface area contributed by atoms with Gasteiger partial charge in [0.15, 0.2) is 5.17 Å². The number of halogens is 3. The predicted molar refractivity (Wildman–Crippen MR) is 96.5 cm³/mol. The smallest absolute Gasteiger partial charge is 0.200 e. The summed E-state index contributed by atoms with van der Waals surface area (Å²) in [5.41, 5.74) is 0.286. The number of rotatable bonds is 4. The molecule has 0 aromatic heterocycles. The molecule has 0 N–H and O–H groups in total. The van der Waals surface area contributed by atoms with E-state index in [4.69, 9.17) is 34.8 Å². The molecular formula is C15H13Cl3N2O2S. The molecule has 4 nitrogen and oxygen atoms in total. The molecule has 23 heavy (non-hydrogen) atoms. The SMILES string of the molecule is CN(/N=C(\Cl)c1c(Cl)cccc1Cl)S(=O)(=O)C1=CC=CC=CC1. The van der Waals surface area contributed by atoms with E-state index >= 15 is 0 Å². The molecule has 8 heteroatoms. The first-order valence-electron chi connectivity index (χ1n) is 6.54. The third-order valence-electron chi connectivity index (χ3n) is 3.04. The number of hydrazone groups is 1. The van der Waals surface area contributed by atoms with Gasteiger partial charge < -0.3 is 0 Å². The third-order valence-corrected chi connectivity index (χ3v) is 5.67. The first-order valence-corrected chi connectivity index (χ1v) is 9.11. The highest BCUT2D eigenvalue weighted by Crippen LogP contribution is 2.27. The van der Waals surface area contributed by atoms with E-state index in [2.05, 4.69) is 5.10 Å². The van der Waals surface area contributed by atoms with Crippen LogP contribution in [0.15, 0.2) is 58.6 Å². The Labute approximate surface area is 150 Å².